The van der Waals surface area contributed by atoms with E-state index in [-0.39, 0.29) is 0 Å². The van der Waals surface area contributed by atoms with Gasteiger partial charge in [0.2, 0.25) is 0 Å². The maximum Gasteiger partial charge on any atom is 0.132 e. The lowest BCUT2D eigenvalue weighted by molar-refractivity contribution is 0.754. The molecule has 14 heavy (non-hydrogen) atoms. The minimum absolute atomic E-state index is 0.672. The van der Waals surface area contributed by atoms with E-state index >= 15 is 0 Å². The van der Waals surface area contributed by atoms with Gasteiger partial charge in [0.05, 0.1) is 12.1 Å². The van der Waals surface area contributed by atoms with E-state index in [1.807, 2.05) is 29.6 Å². The van der Waals surface area contributed by atoms with Crippen LogP contribution in [0.5, 0.6) is 0 Å². The highest BCUT2D eigenvalue weighted by atomic mass is 79.9. The van der Waals surface area contributed by atoms with Crippen molar-refractivity contribution in [1.29, 1.82) is 0 Å². The molecule has 2 aromatic heterocycles. The number of nitrogens with one attached hydrogen (secondary N) is 1. The molecule has 0 fully saturated rings. The molecule has 0 saturated carbocycles. The summed E-state index contributed by atoms with van der Waals surface area (Å²) in [6.45, 7) is 0.691. The van der Waals surface area contributed by atoms with Gasteiger partial charge in [0.25, 0.3) is 0 Å². The molecule has 2 rings (SSSR count). The average molecular weight is 275 g/mol. The second-order valence-corrected chi connectivity index (χ2v) is 4.06. The van der Waals surface area contributed by atoms with Crippen molar-refractivity contribution in [1.82, 2.24) is 14.7 Å². The second-order valence-electron chi connectivity index (χ2n) is 2.92. The Morgan fingerprint density at radius 1 is 1.57 bits per heavy atom. The smallest absolute Gasteiger partial charge is 0.132 e. The Labute approximate surface area is 95.2 Å². The Bertz CT molecular complexity index is 466. The summed E-state index contributed by atoms with van der Waals surface area (Å²) in [6.07, 6.45) is 0. The van der Waals surface area contributed by atoms with Gasteiger partial charge in [-0.05, 0) is 35.1 Å². The van der Waals surface area contributed by atoms with Crippen LogP contribution in [0.4, 0.5) is 0 Å². The van der Waals surface area contributed by atoms with E-state index in [1.165, 1.54) is 0 Å². The Morgan fingerprint density at radius 2 is 2.36 bits per heavy atom. The van der Waals surface area contributed by atoms with Gasteiger partial charge in [-0.15, -0.1) is 0 Å². The normalized spacial score (nSPS) is 11.1. The zero-order valence-electron chi connectivity index (χ0n) is 7.59. The van der Waals surface area contributed by atoms with Crippen LogP contribution in [0.3, 0.4) is 0 Å². The summed E-state index contributed by atoms with van der Waals surface area (Å²) in [5, 5.41) is 3.73. The Hall–Kier alpha value is -0.580. The predicted octanol–water partition coefficient (Wildman–Crippen LogP) is 2.47. The summed E-state index contributed by atoms with van der Waals surface area (Å²) in [6, 6.07) is 5.73. The second kappa shape index (κ2) is 3.88. The summed E-state index contributed by atoms with van der Waals surface area (Å²) in [7, 11) is 1.88. The van der Waals surface area contributed by atoms with E-state index in [2.05, 4.69) is 26.2 Å². The van der Waals surface area contributed by atoms with Crippen molar-refractivity contribution in [3.8, 4) is 0 Å². The lowest BCUT2D eigenvalue weighted by Crippen LogP contribution is -2.09. The van der Waals surface area contributed by atoms with Crippen LogP contribution in [-0.2, 0) is 6.54 Å². The molecule has 0 aromatic carbocycles. The van der Waals surface area contributed by atoms with Gasteiger partial charge in [0, 0.05) is 0 Å². The Balaban J connectivity index is 2.72. The average Bonchev–Trinajstić information content (AvgIpc) is 2.46. The molecule has 0 aliphatic rings. The fraction of sp³-hybridized carbons (Fsp3) is 0.222. The van der Waals surface area contributed by atoms with Crippen LogP contribution in [0.25, 0.3) is 5.52 Å². The van der Waals surface area contributed by atoms with Crippen molar-refractivity contribution in [3.63, 3.8) is 0 Å². The Kier molecular flexibility index (Phi) is 2.76. The lowest BCUT2D eigenvalue weighted by Gasteiger charge is -2.01. The van der Waals surface area contributed by atoms with E-state index in [9.17, 15) is 0 Å². The monoisotopic (exact) mass is 273 g/mol. The first-order valence-electron chi connectivity index (χ1n) is 4.20. The van der Waals surface area contributed by atoms with Gasteiger partial charge in [-0.3, -0.25) is 4.40 Å². The number of rotatable bonds is 2. The molecule has 0 spiro atoms. The van der Waals surface area contributed by atoms with E-state index in [1.54, 1.807) is 0 Å². The van der Waals surface area contributed by atoms with Gasteiger partial charge in [0.15, 0.2) is 0 Å². The maximum atomic E-state index is 6.09. The highest BCUT2D eigenvalue weighted by molar-refractivity contribution is 9.10. The minimum Gasteiger partial charge on any atom is -0.313 e. The van der Waals surface area contributed by atoms with Crippen molar-refractivity contribution >= 4 is 33.0 Å². The molecule has 0 aliphatic heterocycles. The zero-order valence-corrected chi connectivity index (χ0v) is 9.93. The molecule has 0 unspecified atom stereocenters. The van der Waals surface area contributed by atoms with E-state index < -0.39 is 0 Å². The molecule has 2 heterocycles. The highest BCUT2D eigenvalue weighted by Gasteiger charge is 2.09. The number of hydrogen-bond acceptors (Lipinski definition) is 2. The van der Waals surface area contributed by atoms with Crippen LogP contribution in [0.1, 0.15) is 5.82 Å². The number of hydrogen-bond donors (Lipinski definition) is 1. The van der Waals surface area contributed by atoms with Crippen LogP contribution < -0.4 is 5.32 Å². The Morgan fingerprint density at radius 3 is 3.07 bits per heavy atom. The van der Waals surface area contributed by atoms with Gasteiger partial charge in [-0.2, -0.15) is 0 Å². The number of nitrogens with zero attached hydrogens (tertiary/aromatic N) is 2. The van der Waals surface area contributed by atoms with Gasteiger partial charge >= 0.3 is 0 Å². The van der Waals surface area contributed by atoms with Gasteiger partial charge in [0.1, 0.15) is 15.6 Å². The molecular formula is C9H9BrClN3. The lowest BCUT2D eigenvalue weighted by atomic mass is 10.4. The molecular weight excluding hydrogens is 265 g/mol. The first-order chi connectivity index (χ1) is 6.74. The van der Waals surface area contributed by atoms with Crippen molar-refractivity contribution < 1.29 is 0 Å². The SMILES string of the molecule is CNCc1nc(Br)c2cccc(Cl)n12. The number of fused-ring (bicyclic) bond motifs is 1. The summed E-state index contributed by atoms with van der Waals surface area (Å²) < 4.78 is 2.74. The number of pyridine rings is 1. The number of imidazole rings is 1. The third kappa shape index (κ3) is 1.54. The van der Waals surface area contributed by atoms with Crippen LogP contribution in [0.2, 0.25) is 5.15 Å². The highest BCUT2D eigenvalue weighted by Crippen LogP contribution is 2.22. The van der Waals surface area contributed by atoms with Crippen LogP contribution >= 0.6 is 27.5 Å². The first-order valence-corrected chi connectivity index (χ1v) is 5.37. The van der Waals surface area contributed by atoms with E-state index in [4.69, 9.17) is 11.6 Å². The molecule has 0 atom stereocenters. The molecule has 0 saturated heterocycles. The third-order valence-electron chi connectivity index (χ3n) is 1.97. The summed E-state index contributed by atoms with van der Waals surface area (Å²) in [4.78, 5) is 4.37. The van der Waals surface area contributed by atoms with Crippen LogP contribution in [-0.4, -0.2) is 16.4 Å². The van der Waals surface area contributed by atoms with E-state index in [0.717, 1.165) is 15.9 Å². The first kappa shape index (κ1) is 9.96. The van der Waals surface area contributed by atoms with Crippen molar-refractivity contribution in [2.75, 3.05) is 7.05 Å². The minimum atomic E-state index is 0.672. The molecule has 0 aliphatic carbocycles. The summed E-state index contributed by atoms with van der Waals surface area (Å²) in [5.74, 6) is 0.903. The molecule has 5 heteroatoms. The van der Waals surface area contributed by atoms with Gasteiger partial charge in [-0.25, -0.2) is 4.98 Å². The number of aromatic nitrogens is 2. The standard InChI is InChI=1S/C9H9BrClN3/c1-12-5-8-13-9(10)6-3-2-4-7(11)14(6)8/h2-4,12H,5H2,1H3. The van der Waals surface area contributed by atoms with E-state index in [0.29, 0.717) is 11.7 Å². The molecule has 0 radical (unpaired) electrons. The maximum absolute atomic E-state index is 6.09. The van der Waals surface area contributed by atoms with Crippen LogP contribution in [0.15, 0.2) is 22.8 Å². The number of halogens is 2. The molecule has 0 bridgehead atoms. The molecule has 74 valence electrons. The predicted molar refractivity (Wildman–Crippen MR) is 60.7 cm³/mol. The molecule has 1 N–H and O–H groups in total. The van der Waals surface area contributed by atoms with Crippen molar-refractivity contribution in [2.45, 2.75) is 6.54 Å². The summed E-state index contributed by atoms with van der Waals surface area (Å²) >= 11 is 9.49. The topological polar surface area (TPSA) is 29.3 Å². The molecule has 0 amide bonds. The molecule has 2 aromatic rings. The summed E-state index contributed by atoms with van der Waals surface area (Å²) in [5.41, 5.74) is 0.989. The fourth-order valence-corrected chi connectivity index (χ4v) is 2.18. The van der Waals surface area contributed by atoms with Gasteiger partial charge in [-0.1, -0.05) is 17.7 Å². The zero-order chi connectivity index (χ0) is 10.1. The quantitative estimate of drug-likeness (QED) is 0.853. The third-order valence-corrected chi connectivity index (χ3v) is 2.85. The largest absolute Gasteiger partial charge is 0.313 e. The van der Waals surface area contributed by atoms with Crippen molar-refractivity contribution in [3.05, 3.63) is 33.8 Å². The van der Waals surface area contributed by atoms with Crippen molar-refractivity contribution in [2.24, 2.45) is 0 Å². The van der Waals surface area contributed by atoms with Gasteiger partial charge < -0.3 is 5.32 Å². The van der Waals surface area contributed by atoms with Crippen LogP contribution in [0, 0.1) is 0 Å². The molecule has 3 nitrogen and oxygen atoms in total. The fourth-order valence-electron chi connectivity index (χ4n) is 1.40.